The lowest BCUT2D eigenvalue weighted by Crippen LogP contribution is -2.41. The minimum absolute atomic E-state index is 0.145. The second-order valence-corrected chi connectivity index (χ2v) is 6.75. The van der Waals surface area contributed by atoms with Crippen LogP contribution in [0.15, 0.2) is 53.6 Å². The van der Waals surface area contributed by atoms with E-state index in [0.717, 1.165) is 17.7 Å². The Kier molecular flexibility index (Phi) is 8.56. The average molecular weight is 410 g/mol. The van der Waals surface area contributed by atoms with Gasteiger partial charge in [0.05, 0.1) is 6.21 Å². The molecule has 158 valence electrons. The summed E-state index contributed by atoms with van der Waals surface area (Å²) in [6, 6.07) is 14.3. The Labute approximate surface area is 175 Å². The van der Waals surface area contributed by atoms with Gasteiger partial charge in [-0.1, -0.05) is 37.3 Å². The molecule has 2 rings (SSSR count). The first-order chi connectivity index (χ1) is 14.4. The Morgan fingerprint density at radius 2 is 1.83 bits per heavy atom. The fourth-order valence-corrected chi connectivity index (χ4v) is 2.51. The maximum Gasteiger partial charge on any atom is 0.329 e. The zero-order valence-corrected chi connectivity index (χ0v) is 17.3. The van der Waals surface area contributed by atoms with Gasteiger partial charge in [0, 0.05) is 11.7 Å². The Morgan fingerprint density at radius 3 is 2.57 bits per heavy atom. The predicted molar refractivity (Wildman–Crippen MR) is 115 cm³/mol. The van der Waals surface area contributed by atoms with Gasteiger partial charge in [-0.3, -0.25) is 14.4 Å². The van der Waals surface area contributed by atoms with E-state index in [1.807, 2.05) is 31.2 Å². The molecule has 8 nitrogen and oxygen atoms in total. The molecule has 0 spiro atoms. The summed E-state index contributed by atoms with van der Waals surface area (Å²) in [7, 11) is 0. The molecule has 0 heterocycles. The van der Waals surface area contributed by atoms with Gasteiger partial charge < -0.3 is 15.4 Å². The van der Waals surface area contributed by atoms with E-state index in [-0.39, 0.29) is 18.6 Å². The molecule has 0 aliphatic carbocycles. The molecule has 0 atom stereocenters. The number of para-hydroxylation sites is 1. The molecule has 0 aliphatic rings. The summed E-state index contributed by atoms with van der Waals surface area (Å²) in [5, 5.41) is 9.07. The number of nitrogens with one attached hydrogen (secondary N) is 3. The SMILES string of the molecule is CCc1ccccc1NC(=O)COc1cccc(/C=N\NC(=O)C(=O)NC(C)C)c1. The van der Waals surface area contributed by atoms with Gasteiger partial charge in [0.15, 0.2) is 6.61 Å². The van der Waals surface area contributed by atoms with Gasteiger partial charge in [-0.05, 0) is 49.6 Å². The van der Waals surface area contributed by atoms with Crippen molar-refractivity contribution in [3.63, 3.8) is 0 Å². The number of aryl methyl sites for hydroxylation is 1. The standard InChI is InChI=1S/C22H26N4O4/c1-4-17-9-5-6-11-19(17)25-20(27)14-30-18-10-7-8-16(12-18)13-23-26-22(29)21(28)24-15(2)3/h5-13,15H,4,14H2,1-3H3,(H,24,28)(H,25,27)(H,26,29)/b23-13-. The number of hydrogen-bond acceptors (Lipinski definition) is 5. The smallest absolute Gasteiger partial charge is 0.329 e. The van der Waals surface area contributed by atoms with E-state index in [0.29, 0.717) is 11.3 Å². The minimum Gasteiger partial charge on any atom is -0.484 e. The third kappa shape index (κ3) is 7.38. The largest absolute Gasteiger partial charge is 0.484 e. The molecule has 30 heavy (non-hydrogen) atoms. The zero-order valence-electron chi connectivity index (χ0n) is 17.3. The molecule has 0 fully saturated rings. The van der Waals surface area contributed by atoms with Gasteiger partial charge in [0.1, 0.15) is 5.75 Å². The fraction of sp³-hybridized carbons (Fsp3) is 0.273. The molecule has 0 saturated carbocycles. The topological polar surface area (TPSA) is 109 Å². The first-order valence-electron chi connectivity index (χ1n) is 9.63. The molecule has 3 amide bonds. The quantitative estimate of drug-likeness (QED) is 0.352. The maximum absolute atomic E-state index is 12.2. The zero-order chi connectivity index (χ0) is 21.9. The van der Waals surface area contributed by atoms with Crippen molar-refractivity contribution in [3.8, 4) is 5.75 Å². The first kappa shape index (κ1) is 22.6. The van der Waals surface area contributed by atoms with Gasteiger partial charge in [0.2, 0.25) is 0 Å². The number of carbonyl (C=O) groups is 3. The molecule has 2 aromatic rings. The number of carbonyl (C=O) groups excluding carboxylic acids is 3. The molecule has 0 unspecified atom stereocenters. The number of benzene rings is 2. The van der Waals surface area contributed by atoms with Crippen LogP contribution in [0.1, 0.15) is 31.9 Å². The third-order valence-electron chi connectivity index (χ3n) is 3.91. The molecule has 0 aromatic heterocycles. The highest BCUT2D eigenvalue weighted by Gasteiger charge is 2.13. The van der Waals surface area contributed by atoms with E-state index < -0.39 is 11.8 Å². The van der Waals surface area contributed by atoms with Crippen LogP contribution in [0.3, 0.4) is 0 Å². The lowest BCUT2D eigenvalue weighted by Gasteiger charge is -2.10. The van der Waals surface area contributed by atoms with Gasteiger partial charge in [-0.25, -0.2) is 5.43 Å². The second-order valence-electron chi connectivity index (χ2n) is 6.75. The van der Waals surface area contributed by atoms with Crippen molar-refractivity contribution in [3.05, 3.63) is 59.7 Å². The van der Waals surface area contributed by atoms with E-state index in [4.69, 9.17) is 4.74 Å². The molecule has 8 heteroatoms. The molecular formula is C22H26N4O4. The van der Waals surface area contributed by atoms with Crippen LogP contribution in [0, 0.1) is 0 Å². The van der Waals surface area contributed by atoms with Crippen LogP contribution in [0.25, 0.3) is 0 Å². The molecule has 0 bridgehead atoms. The molecule has 0 radical (unpaired) electrons. The number of hydrazone groups is 1. The van der Waals surface area contributed by atoms with E-state index in [9.17, 15) is 14.4 Å². The van der Waals surface area contributed by atoms with E-state index in [1.54, 1.807) is 38.1 Å². The van der Waals surface area contributed by atoms with E-state index in [1.165, 1.54) is 6.21 Å². The van der Waals surface area contributed by atoms with Crippen molar-refractivity contribution in [2.45, 2.75) is 33.2 Å². The maximum atomic E-state index is 12.2. The number of amides is 3. The van der Waals surface area contributed by atoms with Crippen LogP contribution >= 0.6 is 0 Å². The summed E-state index contributed by atoms with van der Waals surface area (Å²) >= 11 is 0. The van der Waals surface area contributed by atoms with Crippen LogP contribution < -0.4 is 20.8 Å². The highest BCUT2D eigenvalue weighted by molar-refractivity contribution is 6.35. The summed E-state index contributed by atoms with van der Waals surface area (Å²) in [6.45, 7) is 5.38. The number of hydrogen-bond donors (Lipinski definition) is 3. The summed E-state index contributed by atoms with van der Waals surface area (Å²) in [4.78, 5) is 35.3. The van der Waals surface area contributed by atoms with E-state index >= 15 is 0 Å². The normalized spacial score (nSPS) is 10.7. The van der Waals surface area contributed by atoms with Crippen LogP contribution in [0.5, 0.6) is 5.75 Å². The molecule has 3 N–H and O–H groups in total. The third-order valence-corrected chi connectivity index (χ3v) is 3.91. The predicted octanol–water partition coefficient (Wildman–Crippen LogP) is 2.24. The van der Waals surface area contributed by atoms with Crippen molar-refractivity contribution in [1.82, 2.24) is 10.7 Å². The van der Waals surface area contributed by atoms with Gasteiger partial charge in [0.25, 0.3) is 5.91 Å². The second kappa shape index (κ2) is 11.4. The molecular weight excluding hydrogens is 384 g/mol. The Hall–Kier alpha value is -3.68. The summed E-state index contributed by atoms with van der Waals surface area (Å²) < 4.78 is 5.54. The Bertz CT molecular complexity index is 925. The molecule has 0 saturated heterocycles. The number of ether oxygens (including phenoxy) is 1. The van der Waals surface area contributed by atoms with Crippen LogP contribution in [-0.4, -0.2) is 36.6 Å². The number of nitrogens with zero attached hydrogens (tertiary/aromatic N) is 1. The highest BCUT2D eigenvalue weighted by Crippen LogP contribution is 2.16. The van der Waals surface area contributed by atoms with Crippen molar-refractivity contribution in [2.24, 2.45) is 5.10 Å². The molecule has 0 aliphatic heterocycles. The molecule has 2 aromatic carbocycles. The fourth-order valence-electron chi connectivity index (χ4n) is 2.51. The minimum atomic E-state index is -0.851. The van der Waals surface area contributed by atoms with Gasteiger partial charge in [-0.15, -0.1) is 0 Å². The van der Waals surface area contributed by atoms with E-state index in [2.05, 4.69) is 21.2 Å². The lowest BCUT2D eigenvalue weighted by molar-refractivity contribution is -0.139. The van der Waals surface area contributed by atoms with Gasteiger partial charge in [-0.2, -0.15) is 5.10 Å². The highest BCUT2D eigenvalue weighted by atomic mass is 16.5. The summed E-state index contributed by atoms with van der Waals surface area (Å²) in [5.74, 6) is -1.40. The van der Waals surface area contributed by atoms with Gasteiger partial charge >= 0.3 is 11.8 Å². The first-order valence-corrected chi connectivity index (χ1v) is 9.63. The lowest BCUT2D eigenvalue weighted by atomic mass is 10.1. The van der Waals surface area contributed by atoms with Crippen molar-refractivity contribution >= 4 is 29.6 Å². The average Bonchev–Trinajstić information content (AvgIpc) is 2.72. The Morgan fingerprint density at radius 1 is 1.07 bits per heavy atom. The monoisotopic (exact) mass is 410 g/mol. The summed E-state index contributed by atoms with van der Waals surface area (Å²) in [6.07, 6.45) is 2.19. The summed E-state index contributed by atoms with van der Waals surface area (Å²) in [5.41, 5.74) is 4.61. The van der Waals surface area contributed by atoms with Crippen molar-refractivity contribution in [1.29, 1.82) is 0 Å². The number of rotatable bonds is 8. The van der Waals surface area contributed by atoms with Crippen LogP contribution in [0.4, 0.5) is 5.69 Å². The number of anilines is 1. The Balaban J connectivity index is 1.87. The van der Waals surface area contributed by atoms with Crippen molar-refractivity contribution in [2.75, 3.05) is 11.9 Å². The van der Waals surface area contributed by atoms with Crippen molar-refractivity contribution < 1.29 is 19.1 Å². The van der Waals surface area contributed by atoms with Crippen LogP contribution in [-0.2, 0) is 20.8 Å². The van der Waals surface area contributed by atoms with Crippen LogP contribution in [0.2, 0.25) is 0 Å².